The van der Waals surface area contributed by atoms with Gasteiger partial charge in [0.05, 0.1) is 10.9 Å². The second kappa shape index (κ2) is 4.96. The maximum Gasteiger partial charge on any atom is 0.243 e. The molecule has 4 nitrogen and oxygen atoms in total. The molecule has 0 unspecified atom stereocenters. The molecule has 1 aromatic carbocycles. The van der Waals surface area contributed by atoms with Crippen LogP contribution in [-0.4, -0.2) is 23.8 Å². The molecular formula is C15H17FN2O2S. The number of nitrogens with zero attached hydrogens (tertiary/aromatic N) is 2. The average Bonchev–Trinajstić information content (AvgIpc) is 2.82. The Hall–Kier alpha value is -1.66. The van der Waals surface area contributed by atoms with E-state index in [1.54, 1.807) is 0 Å². The van der Waals surface area contributed by atoms with Crippen LogP contribution in [0, 0.1) is 12.7 Å². The van der Waals surface area contributed by atoms with Gasteiger partial charge in [0.25, 0.3) is 0 Å². The standard InChI is InChI=1S/C15H17FN2O2S/c1-11-3-8-15-12(2)18(10-9-17(11)15)21(19,20)14-6-4-13(16)5-7-14/h3-8,12H,9-10H2,1-2H3/t12-/m1/s1. The van der Waals surface area contributed by atoms with Crippen molar-refractivity contribution >= 4 is 10.0 Å². The van der Waals surface area contributed by atoms with E-state index in [0.717, 1.165) is 11.4 Å². The predicted octanol–water partition coefficient (Wildman–Crippen LogP) is 2.70. The maximum absolute atomic E-state index is 13.0. The zero-order valence-corrected chi connectivity index (χ0v) is 12.8. The molecule has 3 rings (SSSR count). The minimum atomic E-state index is -3.61. The summed E-state index contributed by atoms with van der Waals surface area (Å²) in [6, 6.07) is 8.71. The Balaban J connectivity index is 1.99. The van der Waals surface area contributed by atoms with Crippen LogP contribution in [0.3, 0.4) is 0 Å². The molecule has 0 saturated carbocycles. The summed E-state index contributed by atoms with van der Waals surface area (Å²) in [6.07, 6.45) is 0. The molecule has 1 aliphatic rings. The number of sulfonamides is 1. The first-order valence-electron chi connectivity index (χ1n) is 6.84. The summed E-state index contributed by atoms with van der Waals surface area (Å²) < 4.78 is 42.0. The predicted molar refractivity (Wildman–Crippen MR) is 77.9 cm³/mol. The Labute approximate surface area is 123 Å². The molecule has 0 radical (unpaired) electrons. The van der Waals surface area contributed by atoms with E-state index in [1.165, 1.54) is 28.6 Å². The van der Waals surface area contributed by atoms with E-state index < -0.39 is 15.8 Å². The van der Waals surface area contributed by atoms with Crippen molar-refractivity contribution in [3.8, 4) is 0 Å². The van der Waals surface area contributed by atoms with Crippen molar-refractivity contribution in [2.45, 2.75) is 31.3 Å². The molecule has 6 heteroatoms. The van der Waals surface area contributed by atoms with Crippen LogP contribution < -0.4 is 0 Å². The first kappa shape index (κ1) is 14.3. The number of hydrogen-bond acceptors (Lipinski definition) is 2. The van der Waals surface area contributed by atoms with Crippen LogP contribution in [-0.2, 0) is 16.6 Å². The lowest BCUT2D eigenvalue weighted by molar-refractivity contribution is 0.280. The zero-order chi connectivity index (χ0) is 15.2. The molecule has 1 aromatic heterocycles. The molecule has 2 aromatic rings. The lowest BCUT2D eigenvalue weighted by Gasteiger charge is -2.34. The number of halogens is 1. The molecule has 0 spiro atoms. The fourth-order valence-corrected chi connectivity index (χ4v) is 4.47. The summed E-state index contributed by atoms with van der Waals surface area (Å²) in [5, 5.41) is 0. The van der Waals surface area contributed by atoms with Crippen molar-refractivity contribution in [3.05, 3.63) is 53.6 Å². The van der Waals surface area contributed by atoms with Gasteiger partial charge in [0.2, 0.25) is 10.0 Å². The molecule has 2 heterocycles. The molecule has 1 aliphatic heterocycles. The third kappa shape index (κ3) is 2.28. The highest BCUT2D eigenvalue weighted by Crippen LogP contribution is 2.32. The largest absolute Gasteiger partial charge is 0.346 e. The van der Waals surface area contributed by atoms with Gasteiger partial charge in [-0.15, -0.1) is 0 Å². The van der Waals surface area contributed by atoms with Gasteiger partial charge in [-0.1, -0.05) is 0 Å². The van der Waals surface area contributed by atoms with Gasteiger partial charge >= 0.3 is 0 Å². The van der Waals surface area contributed by atoms with E-state index in [9.17, 15) is 12.8 Å². The molecule has 0 fully saturated rings. The van der Waals surface area contributed by atoms with E-state index in [1.807, 2.05) is 26.0 Å². The van der Waals surface area contributed by atoms with E-state index >= 15 is 0 Å². The van der Waals surface area contributed by atoms with Gasteiger partial charge in [0.1, 0.15) is 5.82 Å². The lowest BCUT2D eigenvalue weighted by Crippen LogP contribution is -2.40. The zero-order valence-electron chi connectivity index (χ0n) is 12.0. The van der Waals surface area contributed by atoms with Gasteiger partial charge in [-0.3, -0.25) is 0 Å². The summed E-state index contributed by atoms with van der Waals surface area (Å²) in [7, 11) is -3.61. The maximum atomic E-state index is 13.0. The van der Waals surface area contributed by atoms with Crippen molar-refractivity contribution in [1.29, 1.82) is 0 Å². The molecule has 0 bridgehead atoms. The number of benzene rings is 1. The van der Waals surface area contributed by atoms with Crippen molar-refractivity contribution in [1.82, 2.24) is 8.87 Å². The van der Waals surface area contributed by atoms with Gasteiger partial charge in [0.15, 0.2) is 0 Å². The van der Waals surface area contributed by atoms with Crippen molar-refractivity contribution < 1.29 is 12.8 Å². The summed E-state index contributed by atoms with van der Waals surface area (Å²) in [5.41, 5.74) is 2.13. The Kier molecular flexibility index (Phi) is 3.37. The summed E-state index contributed by atoms with van der Waals surface area (Å²) >= 11 is 0. The Bertz CT molecular complexity index is 765. The van der Waals surface area contributed by atoms with Crippen LogP contribution in [0.5, 0.6) is 0 Å². The molecule has 0 amide bonds. The van der Waals surface area contributed by atoms with Crippen molar-refractivity contribution in [2.75, 3.05) is 6.54 Å². The van der Waals surface area contributed by atoms with Gasteiger partial charge < -0.3 is 4.57 Å². The van der Waals surface area contributed by atoms with Gasteiger partial charge in [-0.05, 0) is 50.2 Å². The normalized spacial score (nSPS) is 19.5. The third-order valence-corrected chi connectivity index (χ3v) is 6.04. The second-order valence-corrected chi connectivity index (χ2v) is 7.19. The van der Waals surface area contributed by atoms with E-state index in [4.69, 9.17) is 0 Å². The molecule has 0 aliphatic carbocycles. The van der Waals surface area contributed by atoms with Crippen molar-refractivity contribution in [2.24, 2.45) is 0 Å². The monoisotopic (exact) mass is 308 g/mol. The molecule has 1 atom stereocenters. The SMILES string of the molecule is Cc1ccc2n1CCN(S(=O)(=O)c1ccc(F)cc1)[C@@H]2C. The minimum absolute atomic E-state index is 0.132. The van der Waals surface area contributed by atoms with Crippen LogP contribution in [0.25, 0.3) is 0 Å². The van der Waals surface area contributed by atoms with E-state index in [2.05, 4.69) is 4.57 Å². The van der Waals surface area contributed by atoms with Gasteiger partial charge in [0, 0.05) is 24.5 Å². The fraction of sp³-hybridized carbons (Fsp3) is 0.333. The Morgan fingerprint density at radius 1 is 1.10 bits per heavy atom. The molecule has 0 N–H and O–H groups in total. The average molecular weight is 308 g/mol. The van der Waals surface area contributed by atoms with Gasteiger partial charge in [-0.25, -0.2) is 12.8 Å². The number of aryl methyl sites for hydroxylation is 1. The highest BCUT2D eigenvalue weighted by atomic mass is 32.2. The molecular weight excluding hydrogens is 291 g/mol. The number of hydrogen-bond donors (Lipinski definition) is 0. The summed E-state index contributed by atoms with van der Waals surface area (Å²) in [5.74, 6) is -0.440. The van der Waals surface area contributed by atoms with E-state index in [0.29, 0.717) is 13.1 Å². The first-order valence-corrected chi connectivity index (χ1v) is 8.29. The van der Waals surface area contributed by atoms with Crippen LogP contribution in [0.4, 0.5) is 4.39 Å². The third-order valence-electron chi connectivity index (χ3n) is 4.06. The smallest absolute Gasteiger partial charge is 0.243 e. The minimum Gasteiger partial charge on any atom is -0.346 e. The fourth-order valence-electron chi connectivity index (χ4n) is 2.87. The van der Waals surface area contributed by atoms with E-state index in [-0.39, 0.29) is 10.9 Å². The molecule has 0 saturated heterocycles. The highest BCUT2D eigenvalue weighted by Gasteiger charge is 2.34. The highest BCUT2D eigenvalue weighted by molar-refractivity contribution is 7.89. The quantitative estimate of drug-likeness (QED) is 0.856. The molecule has 112 valence electrons. The van der Waals surface area contributed by atoms with Crippen LogP contribution >= 0.6 is 0 Å². The topological polar surface area (TPSA) is 42.3 Å². The number of rotatable bonds is 2. The van der Waals surface area contributed by atoms with Crippen molar-refractivity contribution in [3.63, 3.8) is 0 Å². The molecule has 21 heavy (non-hydrogen) atoms. The Morgan fingerprint density at radius 2 is 1.76 bits per heavy atom. The summed E-state index contributed by atoms with van der Waals surface area (Å²) in [4.78, 5) is 0.132. The first-order chi connectivity index (χ1) is 9.91. The lowest BCUT2D eigenvalue weighted by atomic mass is 10.2. The Morgan fingerprint density at radius 3 is 2.43 bits per heavy atom. The second-order valence-electron chi connectivity index (χ2n) is 5.30. The number of fused-ring (bicyclic) bond motifs is 1. The summed E-state index contributed by atoms with van der Waals surface area (Å²) in [6.45, 7) is 4.95. The van der Waals surface area contributed by atoms with Gasteiger partial charge in [-0.2, -0.15) is 4.31 Å². The van der Waals surface area contributed by atoms with Crippen LogP contribution in [0.15, 0.2) is 41.3 Å². The van der Waals surface area contributed by atoms with Crippen LogP contribution in [0.1, 0.15) is 24.4 Å². The van der Waals surface area contributed by atoms with Crippen LogP contribution in [0.2, 0.25) is 0 Å². The number of aromatic nitrogens is 1.